The fourth-order valence-electron chi connectivity index (χ4n) is 3.10. The molecule has 3 aromatic rings. The third-order valence-corrected chi connectivity index (χ3v) is 5.81. The first kappa shape index (κ1) is 19.1. The lowest BCUT2D eigenvalue weighted by molar-refractivity contribution is 0.174. The number of benzene rings is 1. The molecule has 2 aromatic heterocycles. The van der Waals surface area contributed by atoms with E-state index in [1.165, 1.54) is 0 Å². The summed E-state index contributed by atoms with van der Waals surface area (Å²) in [5.74, 6) is 2.26. The maximum atomic E-state index is 13.8. The van der Waals surface area contributed by atoms with Crippen LogP contribution in [0.1, 0.15) is 18.3 Å². The van der Waals surface area contributed by atoms with E-state index in [1.807, 2.05) is 23.7 Å². The van der Waals surface area contributed by atoms with Crippen LogP contribution < -0.4 is 15.2 Å². The summed E-state index contributed by atoms with van der Waals surface area (Å²) in [6, 6.07) is 3.91. The Labute approximate surface area is 175 Å². The van der Waals surface area contributed by atoms with E-state index >= 15 is 0 Å². The average molecular weight is 498 g/mol. The van der Waals surface area contributed by atoms with E-state index in [9.17, 15) is 4.39 Å². The minimum atomic E-state index is -0.848. The number of aromatic nitrogens is 4. The number of anilines is 1. The number of ether oxygens (including phenoxy) is 2. The number of imidazole rings is 1. The Bertz CT molecular complexity index is 1040. The molecular formula is C18H20FIN6O2. The molecule has 0 fully saturated rings. The molecular weight excluding hydrogens is 478 g/mol. The van der Waals surface area contributed by atoms with Crippen molar-refractivity contribution < 1.29 is 13.9 Å². The minimum absolute atomic E-state index is 0.0479. The molecule has 0 spiro atoms. The highest BCUT2D eigenvalue weighted by atomic mass is 127. The molecule has 1 aromatic carbocycles. The van der Waals surface area contributed by atoms with Gasteiger partial charge in [0.05, 0.1) is 0 Å². The summed E-state index contributed by atoms with van der Waals surface area (Å²) in [4.78, 5) is 14.4. The molecule has 2 N–H and O–H groups in total. The number of nitrogens with zero attached hydrogens (tertiary/aromatic N) is 5. The van der Waals surface area contributed by atoms with Crippen LogP contribution in [0.25, 0.3) is 11.2 Å². The van der Waals surface area contributed by atoms with Crippen molar-refractivity contribution in [2.24, 2.45) is 0 Å². The molecule has 1 aliphatic rings. The molecule has 28 heavy (non-hydrogen) atoms. The largest absolute Gasteiger partial charge is 0.454 e. The number of nitrogens with two attached hydrogens (primary N) is 1. The maximum Gasteiger partial charge on any atom is 0.312 e. The normalized spacial score (nSPS) is 13.0. The Kier molecular flexibility index (Phi) is 5.23. The Morgan fingerprint density at radius 1 is 1.25 bits per heavy atom. The van der Waals surface area contributed by atoms with Crippen molar-refractivity contribution in [1.82, 2.24) is 24.4 Å². The second kappa shape index (κ2) is 7.66. The first-order valence-corrected chi connectivity index (χ1v) is 9.98. The summed E-state index contributed by atoms with van der Waals surface area (Å²) in [6.45, 7) is 4.61. The number of hydrogen-bond acceptors (Lipinski definition) is 7. The summed E-state index contributed by atoms with van der Waals surface area (Å²) in [5, 5.41) is 0. The summed E-state index contributed by atoms with van der Waals surface area (Å²) in [7, 11) is 2.03. The fourth-order valence-corrected chi connectivity index (χ4v) is 3.73. The lowest BCUT2D eigenvalue weighted by Crippen LogP contribution is -2.23. The number of nitrogen functional groups attached to an aromatic ring is 1. The van der Waals surface area contributed by atoms with Crippen molar-refractivity contribution in [2.75, 3.05) is 32.7 Å². The van der Waals surface area contributed by atoms with Gasteiger partial charge in [-0.15, -0.1) is 0 Å². The standard InChI is InChI=1S/C18H20FIN6O2/c1-3-25(2)4-5-26-14(22-15-16(21)23-18(19)24-17(15)26)7-10-6-12-13(8-11(10)20)28-9-27-12/h6,8H,3-5,7,9H2,1-2H3,(H2,21,23,24). The quantitative estimate of drug-likeness (QED) is 0.413. The predicted molar refractivity (Wildman–Crippen MR) is 111 cm³/mol. The predicted octanol–water partition coefficient (Wildman–Crippen LogP) is 2.42. The molecule has 1 aliphatic heterocycles. The van der Waals surface area contributed by atoms with Crippen LogP contribution in [0, 0.1) is 9.65 Å². The zero-order valence-electron chi connectivity index (χ0n) is 15.6. The number of likely N-dealkylation sites (N-methyl/N-ethyl adjacent to an activating group) is 1. The zero-order valence-corrected chi connectivity index (χ0v) is 17.7. The summed E-state index contributed by atoms with van der Waals surface area (Å²) in [6.07, 6.45) is -0.318. The van der Waals surface area contributed by atoms with Gasteiger partial charge < -0.3 is 24.7 Å². The van der Waals surface area contributed by atoms with Gasteiger partial charge in [0.1, 0.15) is 5.82 Å². The first-order valence-electron chi connectivity index (χ1n) is 8.91. The smallest absolute Gasteiger partial charge is 0.312 e. The maximum absolute atomic E-state index is 13.8. The zero-order chi connectivity index (χ0) is 19.8. The lowest BCUT2D eigenvalue weighted by Gasteiger charge is -2.16. The Hall–Kier alpha value is -2.21. The van der Waals surface area contributed by atoms with Gasteiger partial charge >= 0.3 is 6.08 Å². The third kappa shape index (κ3) is 3.58. The monoisotopic (exact) mass is 498 g/mol. The fraction of sp³-hybridized carbons (Fsp3) is 0.389. The lowest BCUT2D eigenvalue weighted by atomic mass is 10.1. The van der Waals surface area contributed by atoms with E-state index in [1.54, 1.807) is 0 Å². The van der Waals surface area contributed by atoms with E-state index in [0.29, 0.717) is 29.9 Å². The van der Waals surface area contributed by atoms with Crippen LogP contribution in [0.2, 0.25) is 0 Å². The van der Waals surface area contributed by atoms with Gasteiger partial charge in [0.2, 0.25) is 6.79 Å². The molecule has 3 heterocycles. The van der Waals surface area contributed by atoms with E-state index in [0.717, 1.165) is 33.8 Å². The van der Waals surface area contributed by atoms with Crippen molar-refractivity contribution in [3.8, 4) is 11.5 Å². The van der Waals surface area contributed by atoms with Crippen molar-refractivity contribution in [2.45, 2.75) is 19.9 Å². The van der Waals surface area contributed by atoms with Gasteiger partial charge in [-0.1, -0.05) is 6.92 Å². The highest BCUT2D eigenvalue weighted by Gasteiger charge is 2.21. The topological polar surface area (TPSA) is 91.3 Å². The first-order chi connectivity index (χ1) is 13.5. The summed E-state index contributed by atoms with van der Waals surface area (Å²) in [5.41, 5.74) is 7.78. The molecule has 0 unspecified atom stereocenters. The molecule has 0 bridgehead atoms. The van der Waals surface area contributed by atoms with Gasteiger partial charge in [-0.25, -0.2) is 4.98 Å². The molecule has 0 saturated heterocycles. The molecule has 0 atom stereocenters. The van der Waals surface area contributed by atoms with Crippen LogP contribution in [-0.2, 0) is 13.0 Å². The molecule has 4 rings (SSSR count). The minimum Gasteiger partial charge on any atom is -0.454 e. The van der Waals surface area contributed by atoms with Crippen LogP contribution >= 0.6 is 22.6 Å². The number of hydrogen-bond donors (Lipinski definition) is 1. The number of halogens is 2. The van der Waals surface area contributed by atoms with Gasteiger partial charge in [0, 0.05) is 23.1 Å². The highest BCUT2D eigenvalue weighted by molar-refractivity contribution is 14.1. The number of rotatable bonds is 6. The van der Waals surface area contributed by atoms with Crippen LogP contribution in [0.5, 0.6) is 11.5 Å². The average Bonchev–Trinajstić information content (AvgIpc) is 3.24. The van der Waals surface area contributed by atoms with Gasteiger partial charge in [0.25, 0.3) is 0 Å². The molecule has 0 aliphatic carbocycles. The van der Waals surface area contributed by atoms with Gasteiger partial charge in [-0.05, 0) is 53.9 Å². The SMILES string of the molecule is CCN(C)CCn1c(Cc2cc3c(cc2I)OCO3)nc2c(N)nc(F)nc21. The highest BCUT2D eigenvalue weighted by Crippen LogP contribution is 2.36. The molecule has 148 valence electrons. The second-order valence-corrected chi connectivity index (χ2v) is 7.76. The summed E-state index contributed by atoms with van der Waals surface area (Å²) < 4.78 is 27.7. The molecule has 8 nitrogen and oxygen atoms in total. The molecule has 0 amide bonds. The molecule has 10 heteroatoms. The van der Waals surface area contributed by atoms with Crippen LogP contribution in [0.4, 0.5) is 10.2 Å². The van der Waals surface area contributed by atoms with Crippen LogP contribution in [0.3, 0.4) is 0 Å². The van der Waals surface area contributed by atoms with Gasteiger partial charge in [0.15, 0.2) is 28.5 Å². The third-order valence-electron chi connectivity index (χ3n) is 4.81. The Morgan fingerprint density at radius 3 is 2.75 bits per heavy atom. The van der Waals surface area contributed by atoms with E-state index < -0.39 is 6.08 Å². The van der Waals surface area contributed by atoms with Crippen molar-refractivity contribution in [1.29, 1.82) is 0 Å². The van der Waals surface area contributed by atoms with Gasteiger partial charge in [-0.3, -0.25) is 0 Å². The summed E-state index contributed by atoms with van der Waals surface area (Å²) >= 11 is 2.27. The van der Waals surface area contributed by atoms with E-state index in [4.69, 9.17) is 15.2 Å². The van der Waals surface area contributed by atoms with Crippen molar-refractivity contribution >= 4 is 39.6 Å². The molecule has 0 radical (unpaired) electrons. The Morgan fingerprint density at radius 2 is 2.00 bits per heavy atom. The Balaban J connectivity index is 1.76. The number of fused-ring (bicyclic) bond motifs is 2. The van der Waals surface area contributed by atoms with Gasteiger partial charge in [-0.2, -0.15) is 14.4 Å². The van der Waals surface area contributed by atoms with Crippen molar-refractivity contribution in [3.05, 3.63) is 33.2 Å². The van der Waals surface area contributed by atoms with Crippen molar-refractivity contribution in [3.63, 3.8) is 0 Å². The van der Waals surface area contributed by atoms with Crippen LogP contribution in [0.15, 0.2) is 12.1 Å². The van der Waals surface area contributed by atoms with Crippen LogP contribution in [-0.4, -0.2) is 51.3 Å². The van der Waals surface area contributed by atoms with E-state index in [-0.39, 0.29) is 12.6 Å². The van der Waals surface area contributed by atoms with E-state index in [2.05, 4.69) is 49.4 Å². The second-order valence-electron chi connectivity index (χ2n) is 6.60. The molecule has 0 saturated carbocycles.